The lowest BCUT2D eigenvalue weighted by Gasteiger charge is -2.36. The molecule has 2 aliphatic rings. The Morgan fingerprint density at radius 1 is 1.00 bits per heavy atom. The van der Waals surface area contributed by atoms with E-state index < -0.39 is 41.3 Å². The quantitative estimate of drug-likeness (QED) is 0.299. The van der Waals surface area contributed by atoms with Gasteiger partial charge in [-0.15, -0.1) is 0 Å². The Morgan fingerprint density at radius 2 is 1.67 bits per heavy atom. The van der Waals surface area contributed by atoms with E-state index in [2.05, 4.69) is 26.9 Å². The zero-order chi connectivity index (χ0) is 30.6. The van der Waals surface area contributed by atoms with Crippen LogP contribution in [-0.4, -0.2) is 59.7 Å². The Morgan fingerprint density at radius 3 is 2.29 bits per heavy atom. The molecule has 2 aromatic rings. The van der Waals surface area contributed by atoms with E-state index in [1.54, 1.807) is 0 Å². The Kier molecular flexibility index (Phi) is 9.66. The molecule has 0 aromatic heterocycles. The molecule has 0 radical (unpaired) electrons. The lowest BCUT2D eigenvalue weighted by atomic mass is 9.89. The van der Waals surface area contributed by atoms with E-state index in [1.807, 2.05) is 18.2 Å². The molecular formula is C30H34F3N5O4. The van der Waals surface area contributed by atoms with Crippen molar-refractivity contribution < 1.29 is 32.3 Å². The van der Waals surface area contributed by atoms with Gasteiger partial charge in [-0.2, -0.15) is 0 Å². The predicted molar refractivity (Wildman–Crippen MR) is 150 cm³/mol. The largest absolute Gasteiger partial charge is 0.337 e. The van der Waals surface area contributed by atoms with Gasteiger partial charge in [-0.25, -0.2) is 27.7 Å². The van der Waals surface area contributed by atoms with E-state index in [0.29, 0.717) is 35.9 Å². The van der Waals surface area contributed by atoms with Gasteiger partial charge in [0.05, 0.1) is 6.04 Å². The molecule has 0 spiro atoms. The Bertz CT molecular complexity index is 1400. The number of likely N-dealkylation sites (tertiary alicyclic amines) is 1. The first-order valence-corrected chi connectivity index (χ1v) is 13.8. The SMILES string of the molecule is CC(=O)Nc1cccc(C2CCN(CCCNC(=O)N3C(=O)NC(C)=C(C(C)=O)C3c3cc(F)c(F)c(F)c3)CC2)c1. The number of anilines is 1. The third kappa shape index (κ3) is 6.99. The van der Waals surface area contributed by atoms with E-state index in [-0.39, 0.29) is 29.3 Å². The summed E-state index contributed by atoms with van der Waals surface area (Å²) in [7, 11) is 0. The molecule has 9 nitrogen and oxygen atoms in total. The van der Waals surface area contributed by atoms with E-state index in [9.17, 15) is 32.3 Å². The van der Waals surface area contributed by atoms with Gasteiger partial charge in [-0.3, -0.25) is 9.59 Å². The van der Waals surface area contributed by atoms with Gasteiger partial charge in [0.25, 0.3) is 0 Å². The first-order valence-electron chi connectivity index (χ1n) is 13.8. The maximum absolute atomic E-state index is 14.1. The average Bonchev–Trinajstić information content (AvgIpc) is 2.93. The molecule has 224 valence electrons. The van der Waals surface area contributed by atoms with Crippen LogP contribution in [0.25, 0.3) is 0 Å². The monoisotopic (exact) mass is 585 g/mol. The number of hydrogen-bond acceptors (Lipinski definition) is 5. The lowest BCUT2D eigenvalue weighted by molar-refractivity contribution is -0.115. The summed E-state index contributed by atoms with van der Waals surface area (Å²) in [5, 5.41) is 7.92. The van der Waals surface area contributed by atoms with Crippen LogP contribution in [0.2, 0.25) is 0 Å². The number of benzene rings is 2. The molecule has 2 heterocycles. The second-order valence-electron chi connectivity index (χ2n) is 10.6. The van der Waals surface area contributed by atoms with Crippen LogP contribution in [0.15, 0.2) is 47.7 Å². The van der Waals surface area contributed by atoms with Crippen LogP contribution >= 0.6 is 0 Å². The smallest absolute Gasteiger partial charge is 0.330 e. The molecule has 1 atom stereocenters. The highest BCUT2D eigenvalue weighted by molar-refractivity contribution is 6.03. The summed E-state index contributed by atoms with van der Waals surface area (Å²) < 4.78 is 41.8. The van der Waals surface area contributed by atoms with Gasteiger partial charge in [-0.1, -0.05) is 12.1 Å². The number of halogens is 3. The Balaban J connectivity index is 1.35. The van der Waals surface area contributed by atoms with Gasteiger partial charge in [0.15, 0.2) is 23.2 Å². The molecule has 1 unspecified atom stereocenters. The molecule has 0 bridgehead atoms. The summed E-state index contributed by atoms with van der Waals surface area (Å²) in [6.07, 6.45) is 2.45. The molecule has 2 aromatic carbocycles. The van der Waals surface area contributed by atoms with E-state index in [4.69, 9.17) is 0 Å². The first kappa shape index (κ1) is 30.8. The number of urea groups is 2. The summed E-state index contributed by atoms with van der Waals surface area (Å²) in [4.78, 5) is 52.8. The number of allylic oxidation sites excluding steroid dienone is 1. The van der Waals surface area contributed by atoms with Crippen LogP contribution in [0.3, 0.4) is 0 Å². The van der Waals surface area contributed by atoms with Gasteiger partial charge in [-0.05, 0) is 94.1 Å². The van der Waals surface area contributed by atoms with Crippen LogP contribution in [0.1, 0.15) is 63.1 Å². The van der Waals surface area contributed by atoms with Crippen molar-refractivity contribution in [2.45, 2.75) is 52.0 Å². The highest BCUT2D eigenvalue weighted by Crippen LogP contribution is 2.35. The molecule has 0 aliphatic carbocycles. The van der Waals surface area contributed by atoms with Crippen molar-refractivity contribution in [3.63, 3.8) is 0 Å². The van der Waals surface area contributed by atoms with Crippen LogP contribution in [0.4, 0.5) is 28.4 Å². The number of hydrogen-bond donors (Lipinski definition) is 3. The number of nitrogens with zero attached hydrogens (tertiary/aromatic N) is 2. The minimum atomic E-state index is -1.69. The van der Waals surface area contributed by atoms with Crippen molar-refractivity contribution in [1.29, 1.82) is 0 Å². The molecular weight excluding hydrogens is 551 g/mol. The predicted octanol–water partition coefficient (Wildman–Crippen LogP) is 4.97. The van der Waals surface area contributed by atoms with E-state index in [1.165, 1.54) is 26.3 Å². The van der Waals surface area contributed by atoms with Crippen molar-refractivity contribution >= 4 is 29.4 Å². The molecule has 5 amide bonds. The number of carbonyl (C=O) groups excluding carboxylic acids is 4. The fraction of sp³-hybridized carbons (Fsp3) is 0.400. The molecule has 3 N–H and O–H groups in total. The fourth-order valence-corrected chi connectivity index (χ4v) is 5.60. The molecule has 42 heavy (non-hydrogen) atoms. The van der Waals surface area contributed by atoms with Crippen molar-refractivity contribution in [2.75, 3.05) is 31.5 Å². The maximum Gasteiger partial charge on any atom is 0.330 e. The number of ketones is 1. The number of Topliss-reactive ketones (excluding diaryl/α,β-unsaturated/α-hetero) is 1. The van der Waals surface area contributed by atoms with Gasteiger partial charge in [0.1, 0.15) is 0 Å². The lowest BCUT2D eigenvalue weighted by Crippen LogP contribution is -2.54. The highest BCUT2D eigenvalue weighted by atomic mass is 19.2. The van der Waals surface area contributed by atoms with Gasteiger partial charge in [0.2, 0.25) is 5.91 Å². The average molecular weight is 586 g/mol. The van der Waals surface area contributed by atoms with E-state index in [0.717, 1.165) is 31.6 Å². The van der Waals surface area contributed by atoms with Crippen molar-refractivity contribution in [2.24, 2.45) is 0 Å². The summed E-state index contributed by atoms with van der Waals surface area (Å²) >= 11 is 0. The standard InChI is InChI=1S/C30H34F3N5O4/c1-17-26(18(2)39)28(22-15-24(31)27(33)25(32)16-22)38(30(42)35-17)29(41)34-10-5-11-37-12-8-20(9-13-37)21-6-4-7-23(14-21)36-19(3)40/h4,6-7,14-16,20,28H,5,8-13H2,1-3H3,(H,34,41)(H,35,42)(H,36,40). The van der Waals surface area contributed by atoms with Gasteiger partial charge in [0, 0.05) is 30.4 Å². The van der Waals surface area contributed by atoms with Crippen LogP contribution in [0, 0.1) is 17.5 Å². The van der Waals surface area contributed by atoms with Crippen LogP contribution in [-0.2, 0) is 9.59 Å². The molecule has 2 aliphatic heterocycles. The molecule has 0 saturated carbocycles. The maximum atomic E-state index is 14.1. The Labute approximate surface area is 242 Å². The zero-order valence-electron chi connectivity index (χ0n) is 23.7. The van der Waals surface area contributed by atoms with Crippen molar-refractivity contribution in [3.05, 3.63) is 76.2 Å². The van der Waals surface area contributed by atoms with E-state index >= 15 is 0 Å². The summed E-state index contributed by atoms with van der Waals surface area (Å²) in [5.74, 6) is -4.96. The minimum Gasteiger partial charge on any atom is -0.337 e. The zero-order valence-corrected chi connectivity index (χ0v) is 23.7. The molecule has 12 heteroatoms. The number of imide groups is 1. The molecule has 1 fully saturated rings. The van der Waals surface area contributed by atoms with Gasteiger partial charge >= 0.3 is 12.1 Å². The third-order valence-corrected chi connectivity index (χ3v) is 7.56. The normalized spacial score (nSPS) is 18.1. The fourth-order valence-electron chi connectivity index (χ4n) is 5.60. The summed E-state index contributed by atoms with van der Waals surface area (Å²) in [6, 6.07) is 6.04. The van der Waals surface area contributed by atoms with Crippen molar-refractivity contribution in [3.8, 4) is 0 Å². The number of piperidine rings is 1. The number of carbonyl (C=O) groups is 4. The van der Waals surface area contributed by atoms with Crippen molar-refractivity contribution in [1.82, 2.24) is 20.4 Å². The van der Waals surface area contributed by atoms with Gasteiger partial charge < -0.3 is 20.9 Å². The Hall–Kier alpha value is -4.19. The number of rotatable bonds is 8. The second kappa shape index (κ2) is 13.2. The minimum absolute atomic E-state index is 0.0411. The second-order valence-corrected chi connectivity index (χ2v) is 10.6. The summed E-state index contributed by atoms with van der Waals surface area (Å²) in [5.41, 5.74) is 1.81. The summed E-state index contributed by atoms with van der Waals surface area (Å²) in [6.45, 7) is 6.73. The molecule has 1 saturated heterocycles. The number of nitrogens with one attached hydrogen (secondary N) is 3. The first-order chi connectivity index (χ1) is 20.0. The van der Waals surface area contributed by atoms with Crippen LogP contribution < -0.4 is 16.0 Å². The van der Waals surface area contributed by atoms with Crippen LogP contribution in [0.5, 0.6) is 0 Å². The molecule has 4 rings (SSSR count). The highest BCUT2D eigenvalue weighted by Gasteiger charge is 2.41. The number of amides is 5. The third-order valence-electron chi connectivity index (χ3n) is 7.56. The topological polar surface area (TPSA) is 111 Å².